The number of nitrogens with zero attached hydrogens (tertiary/aromatic N) is 2. The molecule has 0 saturated carbocycles. The Morgan fingerprint density at radius 3 is 2.86 bits per heavy atom. The maximum atomic E-state index is 12.4. The topological polar surface area (TPSA) is 73.8 Å². The number of aldehydes is 1. The first-order valence-corrected chi connectivity index (χ1v) is 7.03. The average Bonchev–Trinajstić information content (AvgIpc) is 2.49. The molecule has 0 radical (unpaired) electrons. The highest BCUT2D eigenvalue weighted by Crippen LogP contribution is 2.19. The number of hydrogen-bond donors (Lipinski definition) is 2. The van der Waals surface area contributed by atoms with Gasteiger partial charge in [0.2, 0.25) is 5.91 Å². The maximum Gasteiger partial charge on any atom is 0.247 e. The van der Waals surface area contributed by atoms with E-state index in [-0.39, 0.29) is 11.8 Å². The van der Waals surface area contributed by atoms with Gasteiger partial charge in [0.05, 0.1) is 11.6 Å². The molecule has 1 amide bonds. The van der Waals surface area contributed by atoms with Crippen LogP contribution in [-0.4, -0.2) is 35.7 Å². The smallest absolute Gasteiger partial charge is 0.247 e. The number of amides is 1. The number of benzene rings is 1. The lowest BCUT2D eigenvalue weighted by atomic mass is 9.96. The van der Waals surface area contributed by atoms with Gasteiger partial charge in [-0.05, 0) is 18.9 Å². The summed E-state index contributed by atoms with van der Waals surface area (Å²) in [6, 6.07) is 9.58. The fourth-order valence-corrected chi connectivity index (χ4v) is 2.27. The maximum absolute atomic E-state index is 12.4. The Morgan fingerprint density at radius 2 is 2.24 bits per heavy atom. The van der Waals surface area contributed by atoms with Crippen molar-refractivity contribution in [3.05, 3.63) is 35.9 Å². The third-order valence-electron chi connectivity index (χ3n) is 3.39. The number of carbonyl (C=O) groups excluding carboxylic acids is 2. The van der Waals surface area contributed by atoms with Crippen LogP contribution in [0.4, 0.5) is 0 Å². The lowest BCUT2D eigenvalue weighted by Crippen LogP contribution is -2.57. The van der Waals surface area contributed by atoms with E-state index < -0.39 is 6.17 Å². The van der Waals surface area contributed by atoms with E-state index in [1.54, 1.807) is 0 Å². The molecule has 2 atom stereocenters. The Labute approximate surface area is 124 Å². The van der Waals surface area contributed by atoms with E-state index in [1.165, 1.54) is 5.12 Å². The van der Waals surface area contributed by atoms with Crippen LogP contribution in [0.3, 0.4) is 0 Å². The first kappa shape index (κ1) is 15.2. The van der Waals surface area contributed by atoms with Crippen molar-refractivity contribution in [3.63, 3.8) is 0 Å². The van der Waals surface area contributed by atoms with E-state index in [2.05, 4.69) is 15.8 Å². The van der Waals surface area contributed by atoms with Gasteiger partial charge in [0.1, 0.15) is 0 Å². The molecule has 1 aliphatic rings. The van der Waals surface area contributed by atoms with Crippen molar-refractivity contribution in [1.82, 2.24) is 15.9 Å². The predicted molar refractivity (Wildman–Crippen MR) is 80.4 cm³/mol. The van der Waals surface area contributed by atoms with Crippen LogP contribution in [-0.2, 0) is 9.59 Å². The van der Waals surface area contributed by atoms with Crippen LogP contribution >= 0.6 is 0 Å². The summed E-state index contributed by atoms with van der Waals surface area (Å²) in [5, 5.41) is 8.48. The van der Waals surface area contributed by atoms with E-state index >= 15 is 0 Å². The normalized spacial score (nSPS) is 19.6. The highest BCUT2D eigenvalue weighted by atomic mass is 16.2. The fraction of sp³-hybridized carbons (Fsp3) is 0.400. The predicted octanol–water partition coefficient (Wildman–Crippen LogP) is 1.02. The minimum Gasteiger partial charge on any atom is -0.299 e. The minimum absolute atomic E-state index is 0.171. The van der Waals surface area contributed by atoms with Crippen LogP contribution in [0.5, 0.6) is 0 Å². The van der Waals surface area contributed by atoms with Gasteiger partial charge in [-0.3, -0.25) is 14.9 Å². The molecule has 0 aliphatic carbocycles. The second kappa shape index (κ2) is 6.99. The van der Waals surface area contributed by atoms with E-state index in [0.717, 1.165) is 17.6 Å². The summed E-state index contributed by atoms with van der Waals surface area (Å²) in [6.45, 7) is 4.32. The van der Waals surface area contributed by atoms with Gasteiger partial charge < -0.3 is 0 Å². The standard InChI is InChI=1S/C15H20N4O2/c1-3-13(12-7-5-4-6-8-12)15(21)18-19-14(10-20)16-9-11(2)17-19/h4-8,10,13-14,16H,3,9H2,1-2H3,(H,18,21). The molecule has 6 heteroatoms. The number of nitrogens with one attached hydrogen (secondary N) is 2. The van der Waals surface area contributed by atoms with Crippen molar-refractivity contribution in [2.45, 2.75) is 32.4 Å². The highest BCUT2D eigenvalue weighted by Gasteiger charge is 2.26. The van der Waals surface area contributed by atoms with Crippen LogP contribution in [0.2, 0.25) is 0 Å². The molecule has 0 aromatic heterocycles. The van der Waals surface area contributed by atoms with Crippen LogP contribution in [0.15, 0.2) is 35.4 Å². The third-order valence-corrected chi connectivity index (χ3v) is 3.39. The number of hydrazone groups is 1. The van der Waals surface area contributed by atoms with E-state index in [0.29, 0.717) is 13.0 Å². The molecular weight excluding hydrogens is 268 g/mol. The van der Waals surface area contributed by atoms with Gasteiger partial charge in [-0.25, -0.2) is 5.43 Å². The molecule has 21 heavy (non-hydrogen) atoms. The zero-order valence-corrected chi connectivity index (χ0v) is 12.2. The van der Waals surface area contributed by atoms with E-state index in [1.807, 2.05) is 44.2 Å². The highest BCUT2D eigenvalue weighted by molar-refractivity contribution is 5.86. The molecule has 2 unspecified atom stereocenters. The van der Waals surface area contributed by atoms with Crippen molar-refractivity contribution < 1.29 is 9.59 Å². The van der Waals surface area contributed by atoms with E-state index in [4.69, 9.17) is 0 Å². The van der Waals surface area contributed by atoms with Gasteiger partial charge in [-0.15, -0.1) is 0 Å². The quantitative estimate of drug-likeness (QED) is 0.793. The number of hydrogen-bond acceptors (Lipinski definition) is 5. The second-order valence-electron chi connectivity index (χ2n) is 4.99. The summed E-state index contributed by atoms with van der Waals surface area (Å²) in [4.78, 5) is 23.5. The molecule has 0 saturated heterocycles. The number of hydrazine groups is 1. The molecule has 1 heterocycles. The summed E-state index contributed by atoms with van der Waals surface area (Å²) in [5.74, 6) is -0.438. The molecule has 1 aliphatic heterocycles. The van der Waals surface area contributed by atoms with Crippen molar-refractivity contribution in [3.8, 4) is 0 Å². The molecule has 2 rings (SSSR count). The van der Waals surface area contributed by atoms with Crippen LogP contribution < -0.4 is 10.7 Å². The number of rotatable bonds is 5. The Kier molecular flexibility index (Phi) is 5.05. The summed E-state index contributed by atoms with van der Waals surface area (Å²) < 4.78 is 0. The zero-order valence-electron chi connectivity index (χ0n) is 12.2. The molecule has 112 valence electrons. The minimum atomic E-state index is -0.633. The molecular formula is C15H20N4O2. The van der Waals surface area contributed by atoms with Crippen molar-refractivity contribution >= 4 is 17.9 Å². The monoisotopic (exact) mass is 288 g/mol. The second-order valence-corrected chi connectivity index (χ2v) is 4.99. The van der Waals surface area contributed by atoms with Gasteiger partial charge >= 0.3 is 0 Å². The SMILES string of the molecule is CCC(C(=O)NN1N=C(C)CNC1C=O)c1ccccc1. The molecule has 6 nitrogen and oxygen atoms in total. The summed E-state index contributed by atoms with van der Waals surface area (Å²) in [7, 11) is 0. The Bertz CT molecular complexity index is 530. The first-order chi connectivity index (χ1) is 10.2. The first-order valence-electron chi connectivity index (χ1n) is 7.03. The molecule has 0 spiro atoms. The molecule has 0 bridgehead atoms. The summed E-state index contributed by atoms with van der Waals surface area (Å²) >= 11 is 0. The summed E-state index contributed by atoms with van der Waals surface area (Å²) in [5.41, 5.74) is 4.47. The number of carbonyl (C=O) groups is 2. The third kappa shape index (κ3) is 3.66. The summed E-state index contributed by atoms with van der Waals surface area (Å²) in [6.07, 6.45) is 0.761. The van der Waals surface area contributed by atoms with Gasteiger partial charge in [0.15, 0.2) is 12.5 Å². The van der Waals surface area contributed by atoms with Crippen LogP contribution in [0.1, 0.15) is 31.7 Å². The van der Waals surface area contributed by atoms with E-state index in [9.17, 15) is 9.59 Å². The largest absolute Gasteiger partial charge is 0.299 e. The van der Waals surface area contributed by atoms with Gasteiger partial charge in [0.25, 0.3) is 0 Å². The molecule has 1 aromatic rings. The Hall–Kier alpha value is -2.21. The van der Waals surface area contributed by atoms with Gasteiger partial charge in [0, 0.05) is 6.54 Å². The lowest BCUT2D eigenvalue weighted by Gasteiger charge is -2.31. The average molecular weight is 288 g/mol. The fourth-order valence-electron chi connectivity index (χ4n) is 2.27. The van der Waals surface area contributed by atoms with Gasteiger partial charge in [-0.1, -0.05) is 37.3 Å². The zero-order chi connectivity index (χ0) is 15.2. The molecule has 2 N–H and O–H groups in total. The molecule has 1 aromatic carbocycles. The van der Waals surface area contributed by atoms with Crippen molar-refractivity contribution in [2.75, 3.05) is 6.54 Å². The van der Waals surface area contributed by atoms with Crippen molar-refractivity contribution in [1.29, 1.82) is 0 Å². The Balaban J connectivity index is 2.12. The lowest BCUT2D eigenvalue weighted by molar-refractivity contribution is -0.131. The van der Waals surface area contributed by atoms with Crippen molar-refractivity contribution in [2.24, 2.45) is 5.10 Å². The molecule has 0 fully saturated rings. The van der Waals surface area contributed by atoms with Gasteiger partial charge in [-0.2, -0.15) is 10.2 Å². The van der Waals surface area contributed by atoms with Crippen LogP contribution in [0, 0.1) is 0 Å². The van der Waals surface area contributed by atoms with Crippen LogP contribution in [0.25, 0.3) is 0 Å². The Morgan fingerprint density at radius 1 is 1.52 bits per heavy atom.